The summed E-state index contributed by atoms with van der Waals surface area (Å²) in [4.78, 5) is 22.2. The highest BCUT2D eigenvalue weighted by Crippen LogP contribution is 2.21. The molecule has 1 unspecified atom stereocenters. The fourth-order valence-electron chi connectivity index (χ4n) is 2.83. The van der Waals surface area contributed by atoms with Gasteiger partial charge in [0.1, 0.15) is 6.10 Å². The van der Waals surface area contributed by atoms with E-state index in [1.165, 1.54) is 0 Å². The van der Waals surface area contributed by atoms with E-state index in [0.29, 0.717) is 19.0 Å². The SMILES string of the molecule is O=C(CC(O)c1ccccc1)N1CCC(Oc2cnccn2)CC1. The summed E-state index contributed by atoms with van der Waals surface area (Å²) < 4.78 is 5.77. The molecule has 1 aliphatic rings. The Kier molecular flexibility index (Phi) is 5.38. The van der Waals surface area contributed by atoms with Gasteiger partial charge in [0, 0.05) is 38.3 Å². The van der Waals surface area contributed by atoms with Gasteiger partial charge in [-0.1, -0.05) is 30.3 Å². The molecule has 6 nitrogen and oxygen atoms in total. The minimum absolute atomic E-state index is 0.0238. The number of nitrogens with zero attached hydrogens (tertiary/aromatic N) is 3. The lowest BCUT2D eigenvalue weighted by atomic mass is 10.0. The number of benzene rings is 1. The largest absolute Gasteiger partial charge is 0.473 e. The predicted molar refractivity (Wildman–Crippen MR) is 88.3 cm³/mol. The number of piperidine rings is 1. The third kappa shape index (κ3) is 4.29. The molecule has 2 aromatic rings. The van der Waals surface area contributed by atoms with Gasteiger partial charge in [0.15, 0.2) is 0 Å². The molecule has 1 aromatic heterocycles. The number of ether oxygens (including phenoxy) is 1. The maximum atomic E-state index is 12.3. The van der Waals surface area contributed by atoms with Crippen LogP contribution in [0.3, 0.4) is 0 Å². The normalized spacial score (nSPS) is 16.6. The van der Waals surface area contributed by atoms with E-state index in [2.05, 4.69) is 9.97 Å². The second-order valence-corrected chi connectivity index (χ2v) is 5.87. The molecule has 1 amide bonds. The smallest absolute Gasteiger partial charge is 0.232 e. The van der Waals surface area contributed by atoms with Crippen LogP contribution in [-0.4, -0.2) is 45.1 Å². The van der Waals surface area contributed by atoms with E-state index in [0.717, 1.165) is 18.4 Å². The average Bonchev–Trinajstić information content (AvgIpc) is 2.64. The molecule has 0 bridgehead atoms. The first-order chi connectivity index (χ1) is 11.7. The van der Waals surface area contributed by atoms with Gasteiger partial charge in [-0.2, -0.15) is 0 Å². The Bertz CT molecular complexity index is 643. The lowest BCUT2D eigenvalue weighted by Crippen LogP contribution is -2.42. The van der Waals surface area contributed by atoms with E-state index in [-0.39, 0.29) is 18.4 Å². The molecule has 1 fully saturated rings. The Morgan fingerprint density at radius 3 is 2.67 bits per heavy atom. The fraction of sp³-hybridized carbons (Fsp3) is 0.389. The number of amides is 1. The monoisotopic (exact) mass is 327 g/mol. The molecule has 1 aliphatic heterocycles. The maximum Gasteiger partial charge on any atom is 0.232 e. The second-order valence-electron chi connectivity index (χ2n) is 5.87. The van der Waals surface area contributed by atoms with Crippen molar-refractivity contribution in [3.05, 3.63) is 54.5 Å². The van der Waals surface area contributed by atoms with E-state index >= 15 is 0 Å². The van der Waals surface area contributed by atoms with Crippen molar-refractivity contribution >= 4 is 5.91 Å². The molecular weight excluding hydrogens is 306 g/mol. The van der Waals surface area contributed by atoms with Crippen molar-refractivity contribution in [1.82, 2.24) is 14.9 Å². The van der Waals surface area contributed by atoms with Gasteiger partial charge in [0.05, 0.1) is 18.7 Å². The quantitative estimate of drug-likeness (QED) is 0.909. The van der Waals surface area contributed by atoms with E-state index < -0.39 is 6.10 Å². The molecule has 0 radical (unpaired) electrons. The minimum atomic E-state index is -0.757. The molecular formula is C18H21N3O3. The van der Waals surface area contributed by atoms with Crippen LogP contribution in [0.5, 0.6) is 5.88 Å². The molecule has 0 saturated carbocycles. The molecule has 1 aromatic carbocycles. The predicted octanol–water partition coefficient (Wildman–Crippen LogP) is 1.97. The summed E-state index contributed by atoms with van der Waals surface area (Å²) in [6.07, 6.45) is 5.70. The van der Waals surface area contributed by atoms with E-state index in [4.69, 9.17) is 4.74 Å². The fourth-order valence-corrected chi connectivity index (χ4v) is 2.83. The van der Waals surface area contributed by atoms with Crippen LogP contribution >= 0.6 is 0 Å². The molecule has 1 saturated heterocycles. The van der Waals surface area contributed by atoms with Crippen molar-refractivity contribution in [2.24, 2.45) is 0 Å². The molecule has 3 rings (SSSR count). The summed E-state index contributed by atoms with van der Waals surface area (Å²) in [5.41, 5.74) is 0.770. The molecule has 1 atom stereocenters. The highest BCUT2D eigenvalue weighted by molar-refractivity contribution is 5.77. The van der Waals surface area contributed by atoms with Crippen LogP contribution in [0.25, 0.3) is 0 Å². The summed E-state index contributed by atoms with van der Waals surface area (Å²) in [5, 5.41) is 10.2. The Morgan fingerprint density at radius 1 is 1.25 bits per heavy atom. The summed E-state index contributed by atoms with van der Waals surface area (Å²) in [7, 11) is 0. The number of aromatic nitrogens is 2. The van der Waals surface area contributed by atoms with Crippen molar-refractivity contribution in [2.75, 3.05) is 13.1 Å². The van der Waals surface area contributed by atoms with Crippen LogP contribution < -0.4 is 4.74 Å². The number of carbonyl (C=O) groups is 1. The van der Waals surface area contributed by atoms with Crippen molar-refractivity contribution in [3.8, 4) is 5.88 Å². The Labute approximate surface area is 141 Å². The van der Waals surface area contributed by atoms with Crippen LogP contribution in [0, 0.1) is 0 Å². The van der Waals surface area contributed by atoms with Crippen molar-refractivity contribution in [3.63, 3.8) is 0 Å². The van der Waals surface area contributed by atoms with Gasteiger partial charge in [-0.3, -0.25) is 9.78 Å². The van der Waals surface area contributed by atoms with E-state index in [1.54, 1.807) is 23.5 Å². The van der Waals surface area contributed by atoms with Gasteiger partial charge >= 0.3 is 0 Å². The lowest BCUT2D eigenvalue weighted by Gasteiger charge is -2.32. The van der Waals surface area contributed by atoms with Crippen LogP contribution in [0.1, 0.15) is 30.9 Å². The highest BCUT2D eigenvalue weighted by atomic mass is 16.5. The van der Waals surface area contributed by atoms with Crippen LogP contribution in [0.2, 0.25) is 0 Å². The van der Waals surface area contributed by atoms with Crippen molar-refractivity contribution in [1.29, 1.82) is 0 Å². The number of hydrogen-bond donors (Lipinski definition) is 1. The molecule has 0 aliphatic carbocycles. The van der Waals surface area contributed by atoms with Crippen LogP contribution in [0.4, 0.5) is 0 Å². The Hall–Kier alpha value is -2.47. The summed E-state index contributed by atoms with van der Waals surface area (Å²) >= 11 is 0. The number of likely N-dealkylation sites (tertiary alicyclic amines) is 1. The second kappa shape index (κ2) is 7.88. The van der Waals surface area contributed by atoms with Gasteiger partial charge in [-0.15, -0.1) is 0 Å². The topological polar surface area (TPSA) is 75.5 Å². The van der Waals surface area contributed by atoms with Gasteiger partial charge in [0.25, 0.3) is 0 Å². The third-order valence-electron chi connectivity index (χ3n) is 4.17. The molecule has 1 N–H and O–H groups in total. The Balaban J connectivity index is 1.47. The number of rotatable bonds is 5. The first-order valence-corrected chi connectivity index (χ1v) is 8.16. The summed E-state index contributed by atoms with van der Waals surface area (Å²) in [5.74, 6) is 0.492. The van der Waals surface area contributed by atoms with Crippen LogP contribution in [-0.2, 0) is 4.79 Å². The number of carbonyl (C=O) groups excluding carboxylic acids is 1. The average molecular weight is 327 g/mol. The van der Waals surface area contributed by atoms with Gasteiger partial charge in [-0.25, -0.2) is 4.98 Å². The zero-order valence-corrected chi connectivity index (χ0v) is 13.4. The highest BCUT2D eigenvalue weighted by Gasteiger charge is 2.25. The van der Waals surface area contributed by atoms with Crippen molar-refractivity contribution < 1.29 is 14.6 Å². The number of hydrogen-bond acceptors (Lipinski definition) is 5. The summed E-state index contributed by atoms with van der Waals surface area (Å²) in [6, 6.07) is 9.27. The number of aliphatic hydroxyl groups excluding tert-OH is 1. The van der Waals surface area contributed by atoms with Crippen molar-refractivity contribution in [2.45, 2.75) is 31.5 Å². The Morgan fingerprint density at radius 2 is 2.00 bits per heavy atom. The summed E-state index contributed by atoms with van der Waals surface area (Å²) in [6.45, 7) is 1.26. The first kappa shape index (κ1) is 16.4. The lowest BCUT2D eigenvalue weighted by molar-refractivity contribution is -0.135. The molecule has 6 heteroatoms. The minimum Gasteiger partial charge on any atom is -0.473 e. The zero-order valence-electron chi connectivity index (χ0n) is 13.4. The molecule has 0 spiro atoms. The van der Waals surface area contributed by atoms with Gasteiger partial charge < -0.3 is 14.7 Å². The molecule has 24 heavy (non-hydrogen) atoms. The van der Waals surface area contributed by atoms with E-state index in [9.17, 15) is 9.90 Å². The van der Waals surface area contributed by atoms with Gasteiger partial charge in [0.2, 0.25) is 11.8 Å². The third-order valence-corrected chi connectivity index (χ3v) is 4.17. The van der Waals surface area contributed by atoms with Crippen LogP contribution in [0.15, 0.2) is 48.9 Å². The standard InChI is InChI=1S/C18H21N3O3/c22-16(14-4-2-1-3-5-14)12-18(23)21-10-6-15(7-11-21)24-17-13-19-8-9-20-17/h1-5,8-9,13,15-16,22H,6-7,10-12H2. The van der Waals surface area contributed by atoms with Gasteiger partial charge in [-0.05, 0) is 5.56 Å². The number of aliphatic hydroxyl groups is 1. The molecule has 126 valence electrons. The van der Waals surface area contributed by atoms with E-state index in [1.807, 2.05) is 30.3 Å². The maximum absolute atomic E-state index is 12.3. The molecule has 2 heterocycles. The first-order valence-electron chi connectivity index (χ1n) is 8.16. The zero-order chi connectivity index (χ0) is 16.8.